The lowest BCUT2D eigenvalue weighted by atomic mass is 9.74. The molecule has 4 heterocycles. The number of ether oxygens (including phenoxy) is 1. The molecule has 2 aromatic heterocycles. The Morgan fingerprint density at radius 1 is 1.33 bits per heavy atom. The van der Waals surface area contributed by atoms with Gasteiger partial charge in [-0.1, -0.05) is 23.2 Å². The Morgan fingerprint density at radius 3 is 2.85 bits per heavy atom. The van der Waals surface area contributed by atoms with Crippen LogP contribution in [0.4, 0.5) is 14.5 Å². The molecule has 0 aromatic carbocycles. The number of rotatable bonds is 3. The molecule has 142 valence electrons. The first-order valence-electron chi connectivity index (χ1n) is 8.12. The number of aliphatic hydroxyl groups excluding tert-OH is 1. The first-order chi connectivity index (χ1) is 12.9. The summed E-state index contributed by atoms with van der Waals surface area (Å²) in [5.74, 6) is -4.58. The summed E-state index contributed by atoms with van der Waals surface area (Å²) in [4.78, 5) is 20.0. The lowest BCUT2D eigenvalue weighted by Gasteiger charge is -2.30. The summed E-state index contributed by atoms with van der Waals surface area (Å²) in [7, 11) is 0. The number of hydrogen-bond donors (Lipinski definition) is 2. The maximum atomic E-state index is 14.3. The van der Waals surface area contributed by atoms with E-state index in [0.29, 0.717) is 5.69 Å². The van der Waals surface area contributed by atoms with E-state index >= 15 is 0 Å². The van der Waals surface area contributed by atoms with Crippen LogP contribution in [0.25, 0.3) is 0 Å². The van der Waals surface area contributed by atoms with Crippen LogP contribution >= 0.6 is 23.2 Å². The maximum Gasteiger partial charge on any atom is 0.249 e. The molecule has 2 aliphatic heterocycles. The molecule has 5 atom stereocenters. The topological polar surface area (TPSA) is 84.3 Å². The van der Waals surface area contributed by atoms with Gasteiger partial charge in [-0.15, -0.1) is 0 Å². The SMILES string of the molecule is O=C(Nc1cnc(Cl)c(Cl)c1)[C@@H]1[C@@H](c2ccnc(F)c2F)[C@H]2O[C@@H]1C[C@@H]2O. The van der Waals surface area contributed by atoms with Crippen LogP contribution in [0.1, 0.15) is 17.9 Å². The number of nitrogens with zero attached hydrogens (tertiary/aromatic N) is 2. The standard InChI is InChI=1S/C17H13Cl2F2N3O3/c18-8-3-6(5-23-15(8)19)24-17(26)12-10-4-9(25)14(27-10)11(12)7-1-2-22-16(21)13(7)20/h1-3,5,9-12,14,25H,4H2,(H,24,26)/t9-,10+,11+,12-,14-/m0/s1. The Kier molecular flexibility index (Phi) is 4.75. The molecule has 6 nitrogen and oxygen atoms in total. The highest BCUT2D eigenvalue weighted by Gasteiger charge is 2.57. The Morgan fingerprint density at radius 2 is 2.11 bits per heavy atom. The lowest BCUT2D eigenvalue weighted by molar-refractivity contribution is -0.122. The van der Waals surface area contributed by atoms with E-state index in [1.165, 1.54) is 18.3 Å². The fraction of sp³-hybridized carbons (Fsp3) is 0.353. The van der Waals surface area contributed by atoms with Crippen LogP contribution in [0.2, 0.25) is 10.2 Å². The number of amides is 1. The minimum absolute atomic E-state index is 0.0545. The highest BCUT2D eigenvalue weighted by atomic mass is 35.5. The summed E-state index contributed by atoms with van der Waals surface area (Å²) in [5.41, 5.74) is 0.249. The molecule has 2 aliphatic rings. The maximum absolute atomic E-state index is 14.3. The molecule has 2 N–H and O–H groups in total. The van der Waals surface area contributed by atoms with Gasteiger partial charge in [-0.25, -0.2) is 14.4 Å². The Bertz CT molecular complexity index is 917. The predicted molar refractivity (Wildman–Crippen MR) is 92.6 cm³/mol. The predicted octanol–water partition coefficient (Wildman–Crippen LogP) is 2.93. The molecule has 2 aromatic rings. The number of pyridine rings is 2. The van der Waals surface area contributed by atoms with Crippen LogP contribution in [0.5, 0.6) is 0 Å². The van der Waals surface area contributed by atoms with Crippen molar-refractivity contribution >= 4 is 34.8 Å². The van der Waals surface area contributed by atoms with E-state index in [1.807, 2.05) is 0 Å². The third-order valence-corrected chi connectivity index (χ3v) is 5.61. The number of aromatic nitrogens is 2. The molecule has 4 rings (SSSR count). The van der Waals surface area contributed by atoms with E-state index in [0.717, 1.165) is 6.20 Å². The summed E-state index contributed by atoms with van der Waals surface area (Å²) < 4.78 is 33.6. The van der Waals surface area contributed by atoms with Gasteiger partial charge in [0, 0.05) is 24.1 Å². The van der Waals surface area contributed by atoms with Crippen LogP contribution in [0.15, 0.2) is 24.5 Å². The molecular weight excluding hydrogens is 403 g/mol. The van der Waals surface area contributed by atoms with Gasteiger partial charge in [0.2, 0.25) is 11.9 Å². The second-order valence-electron chi connectivity index (χ2n) is 6.48. The van der Waals surface area contributed by atoms with Crippen LogP contribution < -0.4 is 5.32 Å². The molecule has 2 fully saturated rings. The van der Waals surface area contributed by atoms with Crippen LogP contribution in [-0.4, -0.2) is 39.3 Å². The van der Waals surface area contributed by atoms with Crippen molar-refractivity contribution in [2.24, 2.45) is 5.92 Å². The first kappa shape index (κ1) is 18.5. The zero-order valence-corrected chi connectivity index (χ0v) is 15.1. The van der Waals surface area contributed by atoms with Crippen LogP contribution in [-0.2, 0) is 9.53 Å². The average molecular weight is 416 g/mol. The summed E-state index contributed by atoms with van der Waals surface area (Å²) in [6.07, 6.45) is 0.371. The third-order valence-electron chi connectivity index (χ3n) is 4.93. The largest absolute Gasteiger partial charge is 0.390 e. The number of hydrogen-bond acceptors (Lipinski definition) is 5. The zero-order chi connectivity index (χ0) is 19.3. The molecule has 0 spiro atoms. The quantitative estimate of drug-likeness (QED) is 0.752. The molecule has 0 aliphatic carbocycles. The van der Waals surface area contributed by atoms with Crippen molar-refractivity contribution in [2.45, 2.75) is 30.7 Å². The second kappa shape index (κ2) is 6.94. The number of anilines is 1. The minimum atomic E-state index is -1.27. The minimum Gasteiger partial charge on any atom is -0.390 e. The number of carbonyl (C=O) groups is 1. The molecule has 0 radical (unpaired) electrons. The smallest absolute Gasteiger partial charge is 0.249 e. The van der Waals surface area contributed by atoms with E-state index in [2.05, 4.69) is 15.3 Å². The summed E-state index contributed by atoms with van der Waals surface area (Å²) in [6, 6.07) is 2.72. The molecule has 0 unspecified atom stereocenters. The average Bonchev–Trinajstić information content (AvgIpc) is 3.17. The summed E-state index contributed by atoms with van der Waals surface area (Å²) >= 11 is 11.7. The second-order valence-corrected chi connectivity index (χ2v) is 7.25. The van der Waals surface area contributed by atoms with Crippen LogP contribution in [0.3, 0.4) is 0 Å². The molecule has 0 saturated carbocycles. The first-order valence-corrected chi connectivity index (χ1v) is 8.87. The van der Waals surface area contributed by atoms with Crippen molar-refractivity contribution in [1.29, 1.82) is 0 Å². The highest BCUT2D eigenvalue weighted by molar-refractivity contribution is 6.41. The third kappa shape index (κ3) is 3.16. The normalized spacial score (nSPS) is 29.1. The van der Waals surface area contributed by atoms with Gasteiger partial charge < -0.3 is 15.2 Å². The molecular formula is C17H13Cl2F2N3O3. The van der Waals surface area contributed by atoms with Gasteiger partial charge in [0.05, 0.1) is 41.1 Å². The number of carbonyl (C=O) groups excluding carboxylic acids is 1. The number of aliphatic hydroxyl groups is 1. The molecule has 27 heavy (non-hydrogen) atoms. The lowest BCUT2D eigenvalue weighted by Crippen LogP contribution is -2.41. The highest BCUT2D eigenvalue weighted by Crippen LogP contribution is 2.49. The molecule has 2 saturated heterocycles. The van der Waals surface area contributed by atoms with E-state index in [1.54, 1.807) is 0 Å². The van der Waals surface area contributed by atoms with Gasteiger partial charge in [-0.2, -0.15) is 4.39 Å². The van der Waals surface area contributed by atoms with Crippen molar-refractivity contribution in [3.8, 4) is 0 Å². The van der Waals surface area contributed by atoms with Crippen LogP contribution in [0, 0.1) is 17.7 Å². The fourth-order valence-corrected chi connectivity index (χ4v) is 4.09. The van der Waals surface area contributed by atoms with Crippen molar-refractivity contribution in [1.82, 2.24) is 9.97 Å². The zero-order valence-electron chi connectivity index (χ0n) is 13.6. The van der Waals surface area contributed by atoms with Gasteiger partial charge >= 0.3 is 0 Å². The van der Waals surface area contributed by atoms with E-state index in [9.17, 15) is 18.7 Å². The van der Waals surface area contributed by atoms with Gasteiger partial charge in [-0.05, 0) is 12.1 Å². The van der Waals surface area contributed by atoms with Gasteiger partial charge in [0.15, 0.2) is 5.82 Å². The summed E-state index contributed by atoms with van der Waals surface area (Å²) in [5, 5.41) is 13.0. The molecule has 10 heteroatoms. The number of halogens is 4. The van der Waals surface area contributed by atoms with E-state index in [4.69, 9.17) is 27.9 Å². The summed E-state index contributed by atoms with van der Waals surface area (Å²) in [6.45, 7) is 0. The van der Waals surface area contributed by atoms with Crippen molar-refractivity contribution in [2.75, 3.05) is 5.32 Å². The Balaban J connectivity index is 1.66. The Hall–Kier alpha value is -1.87. The molecule has 1 amide bonds. The van der Waals surface area contributed by atoms with E-state index < -0.39 is 47.8 Å². The Labute approximate surface area is 162 Å². The van der Waals surface area contributed by atoms with Crippen molar-refractivity contribution in [3.63, 3.8) is 0 Å². The number of nitrogens with one attached hydrogen (secondary N) is 1. The van der Waals surface area contributed by atoms with Gasteiger partial charge in [0.25, 0.3) is 0 Å². The number of fused-ring (bicyclic) bond motifs is 2. The fourth-order valence-electron chi connectivity index (χ4n) is 3.82. The monoisotopic (exact) mass is 415 g/mol. The van der Waals surface area contributed by atoms with Gasteiger partial charge in [-0.3, -0.25) is 4.79 Å². The van der Waals surface area contributed by atoms with Gasteiger partial charge in [0.1, 0.15) is 5.15 Å². The van der Waals surface area contributed by atoms with Crippen molar-refractivity contribution in [3.05, 3.63) is 52.0 Å². The van der Waals surface area contributed by atoms with E-state index in [-0.39, 0.29) is 22.2 Å². The molecule has 2 bridgehead atoms. The van der Waals surface area contributed by atoms with Crippen molar-refractivity contribution < 1.29 is 23.4 Å².